The van der Waals surface area contributed by atoms with Crippen LogP contribution in [0, 0.1) is 17.5 Å². The molecule has 6 heteroatoms. The van der Waals surface area contributed by atoms with E-state index in [1.54, 1.807) is 36.4 Å². The largest absolute Gasteiger partial charge is 0.488 e. The Bertz CT molecular complexity index is 1400. The van der Waals surface area contributed by atoms with E-state index in [9.17, 15) is 18.0 Å². The van der Waals surface area contributed by atoms with Crippen molar-refractivity contribution >= 4 is 28.8 Å². The van der Waals surface area contributed by atoms with Crippen molar-refractivity contribution in [2.24, 2.45) is 0 Å². The molecule has 0 saturated heterocycles. The Hall–Kier alpha value is -3.93. The number of hydrogen-bond acceptors (Lipinski definition) is 3. The Labute approximate surface area is 175 Å². The van der Waals surface area contributed by atoms with Gasteiger partial charge in [-0.25, -0.2) is 18.2 Å². The summed E-state index contributed by atoms with van der Waals surface area (Å²) in [6.45, 7) is 0.318. The van der Waals surface area contributed by atoms with E-state index in [1.165, 1.54) is 12.1 Å². The van der Waals surface area contributed by atoms with Crippen molar-refractivity contribution < 1.29 is 22.7 Å². The first-order valence-corrected chi connectivity index (χ1v) is 9.53. The van der Waals surface area contributed by atoms with Crippen LogP contribution >= 0.6 is 0 Å². The lowest BCUT2D eigenvalue weighted by Crippen LogP contribution is -2.02. The second-order valence-electron chi connectivity index (χ2n) is 7.15. The van der Waals surface area contributed by atoms with E-state index in [4.69, 9.17) is 4.74 Å². The van der Waals surface area contributed by atoms with Crippen molar-refractivity contribution in [2.45, 2.75) is 6.61 Å². The molecule has 0 amide bonds. The minimum absolute atomic E-state index is 0.0145. The average Bonchev–Trinajstić information content (AvgIpc) is 2.93. The molecule has 0 atom stereocenters. The number of ether oxygens (including phenoxy) is 1. The smallest absolute Gasteiger partial charge is 0.197 e. The molecule has 4 aromatic rings. The van der Waals surface area contributed by atoms with Gasteiger partial charge in [-0.1, -0.05) is 36.4 Å². The van der Waals surface area contributed by atoms with Gasteiger partial charge in [-0.15, -0.1) is 0 Å². The van der Waals surface area contributed by atoms with Gasteiger partial charge in [-0.3, -0.25) is 4.79 Å². The molecule has 0 unspecified atom stereocenters. The second kappa shape index (κ2) is 7.40. The van der Waals surface area contributed by atoms with Gasteiger partial charge in [-0.2, -0.15) is 0 Å². The first-order chi connectivity index (χ1) is 15.0. The number of nitrogens with zero attached hydrogens (tertiary/aromatic N) is 1. The van der Waals surface area contributed by atoms with Crippen LogP contribution in [-0.4, -0.2) is 10.8 Å². The second-order valence-corrected chi connectivity index (χ2v) is 7.15. The maximum Gasteiger partial charge on any atom is 0.197 e. The van der Waals surface area contributed by atoms with Crippen LogP contribution in [0.4, 0.5) is 13.2 Å². The quantitative estimate of drug-likeness (QED) is 0.379. The Balaban J connectivity index is 1.49. The summed E-state index contributed by atoms with van der Waals surface area (Å²) < 4.78 is 46.5. The van der Waals surface area contributed by atoms with Gasteiger partial charge in [0.2, 0.25) is 0 Å². The van der Waals surface area contributed by atoms with Gasteiger partial charge in [-0.05, 0) is 35.9 Å². The van der Waals surface area contributed by atoms with E-state index < -0.39 is 17.5 Å². The summed E-state index contributed by atoms with van der Waals surface area (Å²) in [7, 11) is 0. The van der Waals surface area contributed by atoms with Crippen LogP contribution < -0.4 is 4.74 Å². The van der Waals surface area contributed by atoms with Gasteiger partial charge >= 0.3 is 0 Å². The monoisotopic (exact) mass is 417 g/mol. The van der Waals surface area contributed by atoms with Crippen LogP contribution in [0.2, 0.25) is 0 Å². The molecule has 5 rings (SSSR count). The fourth-order valence-electron chi connectivity index (χ4n) is 3.59. The highest BCUT2D eigenvalue weighted by molar-refractivity contribution is 6.12. The molecule has 0 bridgehead atoms. The predicted molar refractivity (Wildman–Crippen MR) is 111 cm³/mol. The Morgan fingerprint density at radius 2 is 1.71 bits per heavy atom. The molecule has 0 saturated carbocycles. The van der Waals surface area contributed by atoms with Gasteiger partial charge in [0.05, 0.1) is 16.8 Å². The number of ketones is 1. The van der Waals surface area contributed by atoms with Crippen molar-refractivity contribution in [1.29, 1.82) is 0 Å². The number of hydrogen-bond donors (Lipinski definition) is 0. The number of benzene rings is 3. The molecule has 3 nitrogen and oxygen atoms in total. The van der Waals surface area contributed by atoms with Crippen LogP contribution in [0.15, 0.2) is 60.7 Å². The molecule has 152 valence electrons. The lowest BCUT2D eigenvalue weighted by molar-refractivity contribution is 0.103. The standard InChI is InChI=1S/C25H14F3NO2/c26-20-12-21-18(23(27)24(20)28)9-8-16(29-21)7-5-14-6-10-22-19(11-14)25(30)17-4-2-1-3-15(17)13-31-22/h1-12H,13H2. The van der Waals surface area contributed by atoms with Gasteiger partial charge in [0, 0.05) is 22.6 Å². The van der Waals surface area contributed by atoms with E-state index in [0.29, 0.717) is 29.2 Å². The number of pyridine rings is 1. The van der Waals surface area contributed by atoms with E-state index in [2.05, 4.69) is 4.98 Å². The number of aromatic nitrogens is 1. The van der Waals surface area contributed by atoms with Gasteiger partial charge in [0.15, 0.2) is 23.2 Å². The summed E-state index contributed by atoms with van der Waals surface area (Å²) in [5, 5.41) is -0.0949. The fraction of sp³-hybridized carbons (Fsp3) is 0.0400. The van der Waals surface area contributed by atoms with Crippen LogP contribution in [0.25, 0.3) is 23.1 Å². The van der Waals surface area contributed by atoms with Crippen molar-refractivity contribution in [3.63, 3.8) is 0 Å². The Morgan fingerprint density at radius 1 is 0.871 bits per heavy atom. The topological polar surface area (TPSA) is 39.2 Å². The molecule has 1 aliphatic heterocycles. The molecule has 3 aromatic carbocycles. The van der Waals surface area contributed by atoms with Crippen molar-refractivity contribution in [1.82, 2.24) is 4.98 Å². The number of rotatable bonds is 2. The van der Waals surface area contributed by atoms with Gasteiger partial charge < -0.3 is 4.74 Å². The number of carbonyl (C=O) groups excluding carboxylic acids is 1. The third kappa shape index (κ3) is 3.36. The van der Waals surface area contributed by atoms with Crippen molar-refractivity contribution in [3.05, 3.63) is 106 Å². The molecular formula is C25H14F3NO2. The van der Waals surface area contributed by atoms with Crippen LogP contribution in [-0.2, 0) is 6.61 Å². The average molecular weight is 417 g/mol. The number of carbonyl (C=O) groups is 1. The third-order valence-electron chi connectivity index (χ3n) is 5.19. The molecule has 0 N–H and O–H groups in total. The Morgan fingerprint density at radius 3 is 2.58 bits per heavy atom. The summed E-state index contributed by atoms with van der Waals surface area (Å²) in [5.74, 6) is -3.67. The lowest BCUT2D eigenvalue weighted by atomic mass is 9.98. The predicted octanol–water partition coefficient (Wildman–Crippen LogP) is 5.95. The van der Waals surface area contributed by atoms with Gasteiger partial charge in [0.1, 0.15) is 12.4 Å². The summed E-state index contributed by atoms with van der Waals surface area (Å²) in [6, 6.07) is 16.3. The van der Waals surface area contributed by atoms with Crippen LogP contribution in [0.5, 0.6) is 5.75 Å². The molecule has 0 radical (unpaired) electrons. The molecule has 0 fully saturated rings. The molecule has 2 heterocycles. The zero-order valence-corrected chi connectivity index (χ0v) is 16.0. The molecule has 31 heavy (non-hydrogen) atoms. The number of halogens is 3. The normalized spacial score (nSPS) is 13.1. The first kappa shape index (κ1) is 19.1. The highest BCUT2D eigenvalue weighted by Gasteiger charge is 2.22. The zero-order valence-electron chi connectivity index (χ0n) is 16.0. The van der Waals surface area contributed by atoms with Crippen LogP contribution in [0.3, 0.4) is 0 Å². The lowest BCUT2D eigenvalue weighted by Gasteiger charge is -2.07. The molecule has 1 aromatic heterocycles. The summed E-state index contributed by atoms with van der Waals surface area (Å²) in [4.78, 5) is 17.1. The zero-order chi connectivity index (χ0) is 21.5. The Kier molecular flexibility index (Phi) is 4.55. The maximum atomic E-state index is 13.9. The third-order valence-corrected chi connectivity index (χ3v) is 5.19. The van der Waals surface area contributed by atoms with Crippen molar-refractivity contribution in [3.8, 4) is 5.75 Å². The van der Waals surface area contributed by atoms with E-state index in [0.717, 1.165) is 17.2 Å². The van der Waals surface area contributed by atoms with Crippen molar-refractivity contribution in [2.75, 3.05) is 0 Å². The van der Waals surface area contributed by atoms with E-state index >= 15 is 0 Å². The fourth-order valence-corrected chi connectivity index (χ4v) is 3.59. The molecule has 0 aliphatic carbocycles. The highest BCUT2D eigenvalue weighted by Crippen LogP contribution is 2.30. The highest BCUT2D eigenvalue weighted by atomic mass is 19.2. The minimum atomic E-state index is -1.52. The van der Waals surface area contributed by atoms with Gasteiger partial charge in [0.25, 0.3) is 0 Å². The molecular weight excluding hydrogens is 403 g/mol. The van der Waals surface area contributed by atoms with Crippen LogP contribution in [0.1, 0.15) is 32.7 Å². The SMILES string of the molecule is O=C1c2ccccc2COc2ccc(C=Cc3ccc4c(F)c(F)c(F)cc4n3)cc21. The first-order valence-electron chi connectivity index (χ1n) is 9.53. The summed E-state index contributed by atoms with van der Waals surface area (Å²) in [5.41, 5.74) is 3.07. The maximum absolute atomic E-state index is 13.9. The van der Waals surface area contributed by atoms with E-state index in [1.807, 2.05) is 18.2 Å². The molecule has 1 aliphatic rings. The molecule has 0 spiro atoms. The summed E-state index contributed by atoms with van der Waals surface area (Å²) in [6.07, 6.45) is 3.38. The number of fused-ring (bicyclic) bond motifs is 3. The summed E-state index contributed by atoms with van der Waals surface area (Å²) >= 11 is 0. The minimum Gasteiger partial charge on any atom is -0.488 e. The van der Waals surface area contributed by atoms with E-state index in [-0.39, 0.29) is 16.7 Å².